The normalized spacial score (nSPS) is 5.42. The van der Waals surface area contributed by atoms with E-state index in [1.807, 2.05) is 0 Å². The van der Waals surface area contributed by atoms with Crippen LogP contribution in [-0.4, -0.2) is 81.1 Å². The second kappa shape index (κ2) is 56.8. The molecule has 0 N–H and O–H groups in total. The monoisotopic (exact) mass is 816 g/mol. The molecule has 0 amide bonds. The molecule has 0 aromatic carbocycles. The van der Waals surface area contributed by atoms with E-state index >= 15 is 0 Å². The zero-order valence-corrected chi connectivity index (χ0v) is 23.0. The molecule has 0 saturated carbocycles. The maximum atomic E-state index is 8.25. The largest absolute Gasteiger partial charge is 3.00 e. The molecule has 0 spiro atoms. The molecule has 0 fully saturated rings. The fourth-order valence-corrected chi connectivity index (χ4v) is 0. The second-order valence-corrected chi connectivity index (χ2v) is 1.57. The van der Waals surface area contributed by atoms with Crippen LogP contribution in [0, 0.1) is 198 Å². The summed E-state index contributed by atoms with van der Waals surface area (Å²) >= 11 is 0. The van der Waals surface area contributed by atoms with Crippen molar-refractivity contribution in [1.82, 2.24) is 0 Å². The van der Waals surface area contributed by atoms with Crippen LogP contribution < -0.4 is 0 Å². The Bertz CT molecular complexity index is 321. The Morgan fingerprint density at radius 3 is 0.290 bits per heavy atom. The van der Waals surface area contributed by atoms with Crippen molar-refractivity contribution in [3.8, 4) is 0 Å². The van der Waals surface area contributed by atoms with Crippen molar-refractivity contribution >= 4 is 45.5 Å². The van der Waals surface area contributed by atoms with Gasteiger partial charge in [-0.1, -0.05) is 0 Å². The molecule has 0 aromatic rings. The number of hydrogen-bond acceptors (Lipinski definition) is 21. The topological polar surface area (TPSA) is 463 Å². The van der Waals surface area contributed by atoms with Crippen molar-refractivity contribution in [3.63, 3.8) is 0 Å². The Balaban J connectivity index is -0.0000000204. The average molecular weight is 815 g/mol. The van der Waals surface area contributed by atoms with Gasteiger partial charge in [0.25, 0.3) is 0 Å². The van der Waals surface area contributed by atoms with Crippen LogP contribution in [0.1, 0.15) is 0 Å². The van der Waals surface area contributed by atoms with Gasteiger partial charge >= 0.3 is 136 Å². The molecule has 0 aliphatic rings. The van der Waals surface area contributed by atoms with E-state index in [1.54, 1.807) is 0 Å². The van der Waals surface area contributed by atoms with Gasteiger partial charge < -0.3 is 107 Å². The fourth-order valence-electron chi connectivity index (χ4n) is 0. The van der Waals surface area contributed by atoms with Crippen LogP contribution in [0.3, 0.4) is 0 Å². The molecule has 0 bridgehead atoms. The summed E-state index contributed by atoms with van der Waals surface area (Å²) < 4.78 is 0. The SMILES string of the molecule is O=[N+]([O-])[O-].O=[N+]([O-])[O-].O=[N+]([O-])[O-].O=[N+]([O-])[O-].O=[N+]([O-])[O-].O=[N+]([O-])[O-].O=[N+]([O-])[O-].[Eu+2].[Pr+3].[Sr+2]. The molecule has 0 aliphatic carbocycles. The van der Waals surface area contributed by atoms with Crippen molar-refractivity contribution in [3.05, 3.63) is 107 Å². The average Bonchev–Trinajstić information content (AvgIpc) is 2.20. The summed E-state index contributed by atoms with van der Waals surface area (Å²) in [5, 5.41) is 103. The van der Waals surface area contributed by atoms with E-state index < -0.39 is 35.6 Å². The van der Waals surface area contributed by atoms with Crippen LogP contribution in [0.2, 0.25) is 0 Å². The fraction of sp³-hybridized carbons (Fsp3) is 0. The van der Waals surface area contributed by atoms with Crippen LogP contribution in [0.15, 0.2) is 0 Å². The molecule has 28 nitrogen and oxygen atoms in total. The van der Waals surface area contributed by atoms with Gasteiger partial charge in [0.2, 0.25) is 0 Å². The molecule has 0 heterocycles. The molecule has 0 aromatic heterocycles. The van der Waals surface area contributed by atoms with Crippen LogP contribution in [0.4, 0.5) is 0 Å². The summed E-state index contributed by atoms with van der Waals surface area (Å²) in [5.74, 6) is 0. The van der Waals surface area contributed by atoms with Gasteiger partial charge in [-0.05, 0) is 0 Å². The molecule has 0 rings (SSSR count). The van der Waals surface area contributed by atoms with E-state index in [0.717, 1.165) is 0 Å². The Labute approximate surface area is 274 Å². The summed E-state index contributed by atoms with van der Waals surface area (Å²) in [6.07, 6.45) is 0. The summed E-state index contributed by atoms with van der Waals surface area (Å²) in [4.78, 5) is 57.8. The number of rotatable bonds is 0. The van der Waals surface area contributed by atoms with E-state index in [-0.39, 0.29) is 136 Å². The minimum absolute atomic E-state index is 0. The first-order chi connectivity index (χ1) is 12.1. The van der Waals surface area contributed by atoms with Gasteiger partial charge in [0.15, 0.2) is 0 Å². The van der Waals surface area contributed by atoms with Crippen LogP contribution in [0.25, 0.3) is 0 Å². The molecule has 173 valence electrons. The van der Waals surface area contributed by atoms with E-state index in [2.05, 4.69) is 0 Å². The Hall–Kier alpha value is -1.17. The minimum atomic E-state index is -1.75. The maximum Gasteiger partial charge on any atom is 3.00 e. The van der Waals surface area contributed by atoms with Crippen LogP contribution >= 0.6 is 0 Å². The van der Waals surface area contributed by atoms with Crippen LogP contribution in [-0.2, 0) is 0 Å². The summed E-state index contributed by atoms with van der Waals surface area (Å²) in [5.41, 5.74) is 0. The van der Waals surface area contributed by atoms with Gasteiger partial charge in [0.05, 0.1) is 35.6 Å². The Kier molecular flexibility index (Phi) is 115. The molecule has 31 heavy (non-hydrogen) atoms. The molecule has 0 unspecified atom stereocenters. The predicted octanol–water partition coefficient (Wildman–Crippen LogP) is -2.05. The summed E-state index contributed by atoms with van der Waals surface area (Å²) in [6.45, 7) is 0. The minimum Gasteiger partial charge on any atom is -0.356 e. The van der Waals surface area contributed by atoms with Crippen molar-refractivity contribution in [2.75, 3.05) is 0 Å². The van der Waals surface area contributed by atoms with Crippen molar-refractivity contribution in [2.45, 2.75) is 0 Å². The van der Waals surface area contributed by atoms with Gasteiger partial charge in [-0.3, -0.25) is 0 Å². The van der Waals surface area contributed by atoms with Gasteiger partial charge in [0.1, 0.15) is 0 Å². The van der Waals surface area contributed by atoms with E-state index in [1.165, 1.54) is 0 Å². The molecule has 1 radical (unpaired) electrons. The number of nitrogens with zero attached hydrogens (tertiary/aromatic N) is 7. The predicted molar refractivity (Wildman–Crippen MR) is 78.3 cm³/mol. The second-order valence-electron chi connectivity index (χ2n) is 1.57. The van der Waals surface area contributed by atoms with E-state index in [9.17, 15) is 0 Å². The van der Waals surface area contributed by atoms with E-state index in [4.69, 9.17) is 107 Å². The first kappa shape index (κ1) is 63.1. The van der Waals surface area contributed by atoms with E-state index in [0.29, 0.717) is 0 Å². The third kappa shape index (κ3) is 15100. The third-order valence-corrected chi connectivity index (χ3v) is 0. The Morgan fingerprint density at radius 1 is 0.290 bits per heavy atom. The zero-order chi connectivity index (χ0) is 25.0. The van der Waals surface area contributed by atoms with Gasteiger partial charge in [0, 0.05) is 0 Å². The van der Waals surface area contributed by atoms with Crippen LogP contribution in [0.5, 0.6) is 0 Å². The molecular weight excluding hydrogens is 815 g/mol. The third-order valence-electron chi connectivity index (χ3n) is 0. The standard InChI is InChI=1S/Eu.7NO3.Pr.Sr/c;7*2-1(3)4;;/q+2;7*-1;+3;+2. The Morgan fingerprint density at radius 2 is 0.290 bits per heavy atom. The van der Waals surface area contributed by atoms with Gasteiger partial charge in [-0.25, -0.2) is 0 Å². The summed E-state index contributed by atoms with van der Waals surface area (Å²) in [7, 11) is 0. The maximum absolute atomic E-state index is 8.25. The first-order valence-corrected chi connectivity index (χ1v) is 3.83. The van der Waals surface area contributed by atoms with Crippen molar-refractivity contribution in [2.24, 2.45) is 0 Å². The van der Waals surface area contributed by atoms with Gasteiger partial charge in [-0.2, -0.15) is 0 Å². The molecular formula is EuN7O21PrSr. The molecule has 0 saturated heterocycles. The zero-order valence-electron chi connectivity index (χ0n) is 13.4. The molecule has 31 heteroatoms. The molecule has 0 aliphatic heterocycles. The van der Waals surface area contributed by atoms with Crippen molar-refractivity contribution < 1.29 is 126 Å². The number of hydrogen-bond donors (Lipinski definition) is 0. The quantitative estimate of drug-likeness (QED) is 0.144. The molecule has 0 atom stereocenters. The van der Waals surface area contributed by atoms with Crippen molar-refractivity contribution in [1.29, 1.82) is 0 Å². The smallest absolute Gasteiger partial charge is 0.356 e. The summed E-state index contributed by atoms with van der Waals surface area (Å²) in [6, 6.07) is 0. The first-order valence-electron chi connectivity index (χ1n) is 3.83. The van der Waals surface area contributed by atoms with Gasteiger partial charge in [-0.15, -0.1) is 0 Å².